The summed E-state index contributed by atoms with van der Waals surface area (Å²) in [5, 5.41) is 0. The minimum Gasteiger partial charge on any atom is -0.338 e. The lowest BCUT2D eigenvalue weighted by molar-refractivity contribution is 0.0595. The van der Waals surface area contributed by atoms with E-state index >= 15 is 0 Å². The topological polar surface area (TPSA) is 68.1 Å². The largest absolute Gasteiger partial charge is 0.338 e. The standard InChI is InChI=1S/C22H20N4O2/c27-20-7-6-19(18-9-23-14-24-10-18)21-17-8-15(12-26(20)21)11-25(13-17)22(28)16-4-2-1-3-5-16/h1-7,9-10,14-15,17H,8,11-13H2/t15-,17+/m0/s1. The van der Waals surface area contributed by atoms with Crippen LogP contribution in [0.25, 0.3) is 11.1 Å². The number of carbonyl (C=O) groups excluding carboxylic acids is 1. The van der Waals surface area contributed by atoms with Crippen molar-refractivity contribution in [1.29, 1.82) is 0 Å². The summed E-state index contributed by atoms with van der Waals surface area (Å²) in [5.41, 5.74) is 3.62. The van der Waals surface area contributed by atoms with Crippen LogP contribution in [0, 0.1) is 5.92 Å². The summed E-state index contributed by atoms with van der Waals surface area (Å²) in [5.74, 6) is 0.481. The maximum Gasteiger partial charge on any atom is 0.253 e. The van der Waals surface area contributed by atoms with E-state index in [0.717, 1.165) is 23.2 Å². The first-order valence-electron chi connectivity index (χ1n) is 9.54. The Hall–Kier alpha value is -3.28. The van der Waals surface area contributed by atoms with E-state index in [-0.39, 0.29) is 17.4 Å². The van der Waals surface area contributed by atoms with E-state index < -0.39 is 0 Å². The lowest BCUT2D eigenvalue weighted by atomic mass is 9.80. The van der Waals surface area contributed by atoms with Crippen LogP contribution in [-0.2, 0) is 6.54 Å². The summed E-state index contributed by atoms with van der Waals surface area (Å²) < 4.78 is 1.89. The molecule has 28 heavy (non-hydrogen) atoms. The zero-order valence-corrected chi connectivity index (χ0v) is 15.4. The van der Waals surface area contributed by atoms with Crippen LogP contribution < -0.4 is 5.56 Å². The van der Waals surface area contributed by atoms with Gasteiger partial charge in [-0.05, 0) is 30.5 Å². The van der Waals surface area contributed by atoms with Crippen molar-refractivity contribution in [3.05, 3.63) is 82.8 Å². The van der Waals surface area contributed by atoms with Gasteiger partial charge in [0.2, 0.25) is 0 Å². The molecule has 5 rings (SSSR count). The molecule has 0 saturated carbocycles. The summed E-state index contributed by atoms with van der Waals surface area (Å²) in [6, 6.07) is 12.9. The first-order chi connectivity index (χ1) is 13.7. The van der Waals surface area contributed by atoms with E-state index in [4.69, 9.17) is 0 Å². The quantitative estimate of drug-likeness (QED) is 0.693. The second-order valence-electron chi connectivity index (χ2n) is 7.58. The lowest BCUT2D eigenvalue weighted by Crippen LogP contribution is -2.49. The summed E-state index contributed by atoms with van der Waals surface area (Å²) in [6.07, 6.45) is 6.04. The third-order valence-electron chi connectivity index (χ3n) is 5.77. The lowest BCUT2D eigenvalue weighted by Gasteiger charge is -2.43. The Bertz CT molecular complexity index is 1080. The molecule has 2 atom stereocenters. The highest BCUT2D eigenvalue weighted by Gasteiger charge is 2.38. The fourth-order valence-electron chi connectivity index (χ4n) is 4.63. The van der Waals surface area contributed by atoms with E-state index in [1.807, 2.05) is 45.9 Å². The summed E-state index contributed by atoms with van der Waals surface area (Å²) >= 11 is 0. The van der Waals surface area contributed by atoms with Crippen LogP contribution in [0.5, 0.6) is 0 Å². The zero-order valence-electron chi connectivity index (χ0n) is 15.4. The first-order valence-corrected chi connectivity index (χ1v) is 9.54. The van der Waals surface area contributed by atoms with E-state index in [2.05, 4.69) is 9.97 Å². The fourth-order valence-corrected chi connectivity index (χ4v) is 4.63. The Morgan fingerprint density at radius 1 is 0.964 bits per heavy atom. The molecule has 0 spiro atoms. The van der Waals surface area contributed by atoms with E-state index in [0.29, 0.717) is 31.1 Å². The molecule has 0 aliphatic carbocycles. The van der Waals surface area contributed by atoms with Crippen LogP contribution in [0.3, 0.4) is 0 Å². The molecule has 2 aliphatic rings. The van der Waals surface area contributed by atoms with Crippen molar-refractivity contribution in [1.82, 2.24) is 19.4 Å². The molecule has 2 bridgehead atoms. The highest BCUT2D eigenvalue weighted by molar-refractivity contribution is 5.94. The molecule has 6 nitrogen and oxygen atoms in total. The van der Waals surface area contributed by atoms with Gasteiger partial charge in [0.25, 0.3) is 11.5 Å². The molecule has 1 saturated heterocycles. The summed E-state index contributed by atoms with van der Waals surface area (Å²) in [7, 11) is 0. The van der Waals surface area contributed by atoms with Crippen molar-refractivity contribution in [3.8, 4) is 11.1 Å². The highest BCUT2D eigenvalue weighted by atomic mass is 16.2. The number of likely N-dealkylation sites (tertiary alicyclic amines) is 1. The molecule has 1 amide bonds. The minimum atomic E-state index is 0.0214. The van der Waals surface area contributed by atoms with Crippen LogP contribution in [0.2, 0.25) is 0 Å². The first kappa shape index (κ1) is 16.9. The third-order valence-corrected chi connectivity index (χ3v) is 5.77. The van der Waals surface area contributed by atoms with E-state index in [1.54, 1.807) is 18.5 Å². The van der Waals surface area contributed by atoms with Gasteiger partial charge in [0.15, 0.2) is 0 Å². The summed E-state index contributed by atoms with van der Waals surface area (Å²) in [6.45, 7) is 1.95. The number of piperidine rings is 1. The number of carbonyl (C=O) groups is 1. The molecule has 4 heterocycles. The van der Waals surface area contributed by atoms with Gasteiger partial charge >= 0.3 is 0 Å². The van der Waals surface area contributed by atoms with Gasteiger partial charge < -0.3 is 9.47 Å². The normalized spacial score (nSPS) is 20.5. The third kappa shape index (κ3) is 2.81. The number of nitrogens with zero attached hydrogens (tertiary/aromatic N) is 4. The average molecular weight is 372 g/mol. The Balaban J connectivity index is 1.55. The maximum absolute atomic E-state index is 13.0. The van der Waals surface area contributed by atoms with Crippen molar-refractivity contribution >= 4 is 5.91 Å². The number of hydrogen-bond donors (Lipinski definition) is 0. The Morgan fingerprint density at radius 2 is 1.75 bits per heavy atom. The second-order valence-corrected chi connectivity index (χ2v) is 7.58. The molecule has 0 radical (unpaired) electrons. The van der Waals surface area contributed by atoms with Gasteiger partial charge in [0.05, 0.1) is 0 Å². The highest BCUT2D eigenvalue weighted by Crippen LogP contribution is 2.39. The molecular weight excluding hydrogens is 352 g/mol. The monoisotopic (exact) mass is 372 g/mol. The van der Waals surface area contributed by atoms with Crippen LogP contribution >= 0.6 is 0 Å². The Kier molecular flexibility index (Phi) is 4.04. The van der Waals surface area contributed by atoms with Gasteiger partial charge in [0, 0.05) is 66.4 Å². The van der Waals surface area contributed by atoms with Gasteiger partial charge in [-0.1, -0.05) is 18.2 Å². The minimum absolute atomic E-state index is 0.0214. The van der Waals surface area contributed by atoms with Gasteiger partial charge in [0.1, 0.15) is 6.33 Å². The molecule has 2 aliphatic heterocycles. The van der Waals surface area contributed by atoms with E-state index in [9.17, 15) is 9.59 Å². The van der Waals surface area contributed by atoms with E-state index in [1.165, 1.54) is 6.33 Å². The zero-order chi connectivity index (χ0) is 19.1. The number of pyridine rings is 1. The Labute approximate surface area is 162 Å². The van der Waals surface area contributed by atoms with Crippen LogP contribution in [-0.4, -0.2) is 38.4 Å². The number of aromatic nitrogens is 3. The predicted octanol–water partition coefficient (Wildman–Crippen LogP) is 2.56. The average Bonchev–Trinajstić information content (AvgIpc) is 2.75. The molecule has 1 aromatic carbocycles. The number of hydrogen-bond acceptors (Lipinski definition) is 4. The number of rotatable bonds is 2. The van der Waals surface area contributed by atoms with Crippen molar-refractivity contribution in [2.45, 2.75) is 18.9 Å². The SMILES string of the molecule is O=C(c1ccccc1)N1C[C@@H]2C[C@H](C1)c1c(-c3cncnc3)ccc(=O)n1C2. The number of benzene rings is 1. The molecule has 2 aromatic heterocycles. The predicted molar refractivity (Wildman–Crippen MR) is 105 cm³/mol. The van der Waals surface area contributed by atoms with Gasteiger partial charge in [-0.25, -0.2) is 9.97 Å². The molecule has 3 aromatic rings. The second kappa shape index (κ2) is 6.71. The molecule has 0 N–H and O–H groups in total. The van der Waals surface area contributed by atoms with Gasteiger partial charge in [-0.2, -0.15) is 0 Å². The van der Waals surface area contributed by atoms with Gasteiger partial charge in [-0.15, -0.1) is 0 Å². The van der Waals surface area contributed by atoms with Crippen molar-refractivity contribution < 1.29 is 4.79 Å². The number of amides is 1. The Morgan fingerprint density at radius 3 is 2.54 bits per heavy atom. The fraction of sp³-hybridized carbons (Fsp3) is 0.273. The molecule has 6 heteroatoms. The number of fused-ring (bicyclic) bond motifs is 4. The molecule has 1 fully saturated rings. The molecule has 140 valence electrons. The molecule has 0 unspecified atom stereocenters. The van der Waals surface area contributed by atoms with Crippen LogP contribution in [0.1, 0.15) is 28.4 Å². The van der Waals surface area contributed by atoms with Crippen LogP contribution in [0.4, 0.5) is 0 Å². The summed E-state index contributed by atoms with van der Waals surface area (Å²) in [4.78, 5) is 35.8. The van der Waals surface area contributed by atoms with Crippen molar-refractivity contribution in [2.24, 2.45) is 5.92 Å². The van der Waals surface area contributed by atoms with Crippen molar-refractivity contribution in [3.63, 3.8) is 0 Å². The maximum atomic E-state index is 13.0. The van der Waals surface area contributed by atoms with Crippen molar-refractivity contribution in [2.75, 3.05) is 13.1 Å². The smallest absolute Gasteiger partial charge is 0.253 e. The molecular formula is C22H20N4O2. The van der Waals surface area contributed by atoms with Gasteiger partial charge in [-0.3, -0.25) is 9.59 Å². The van der Waals surface area contributed by atoms with Crippen LogP contribution in [0.15, 0.2) is 66.0 Å².